The molecule has 3 atom stereocenters. The molecule has 0 N–H and O–H groups in total. The fraction of sp³-hybridized carbons (Fsp3) is 0.864. The SMILES string of the molecule is CCCCC(CCCC)(C(=O)[O-])C(S)C(=O)[O-].CCCCC(CCCC)(C(=O)[O-])C(S)C(=O)[O-].CCCCC(CCCC)(C(=O)[O-])C(S)C(=O)[O-].CCC[CH2][Sn+3].CCC[CH2][Sn+3]. The molecule has 12 nitrogen and oxygen atoms in total. The van der Waals surface area contributed by atoms with Gasteiger partial charge in [0.15, 0.2) is 0 Å². The van der Waals surface area contributed by atoms with Gasteiger partial charge in [0.05, 0.1) is 33.7 Å². The molecule has 0 heterocycles. The van der Waals surface area contributed by atoms with E-state index in [2.05, 4.69) is 51.7 Å². The van der Waals surface area contributed by atoms with Crippen LogP contribution in [0.1, 0.15) is 197 Å². The summed E-state index contributed by atoms with van der Waals surface area (Å²) in [7, 11) is 0. The van der Waals surface area contributed by atoms with Crippen molar-refractivity contribution in [2.24, 2.45) is 16.2 Å². The summed E-state index contributed by atoms with van der Waals surface area (Å²) in [6.45, 7) is 16.0. The molecule has 0 bridgehead atoms. The molecule has 0 aliphatic carbocycles. The number of unbranched alkanes of at least 4 members (excludes halogenated alkanes) is 8. The summed E-state index contributed by atoms with van der Waals surface area (Å²) in [5, 5.41) is 62.7. The monoisotopic (exact) mass is 1130 g/mol. The molecule has 0 aliphatic heterocycles. The van der Waals surface area contributed by atoms with Gasteiger partial charge in [0.1, 0.15) is 0 Å². The van der Waals surface area contributed by atoms with Gasteiger partial charge in [-0.2, -0.15) is 37.9 Å². The standard InChI is InChI=1S/3C12H22O4S.2C4H9.2Sn/c3*1-3-5-7-12(11(15)16,8-6-4-2)9(17)10(13)14;2*1-3-4-2;;/h3*9,17H,3-8H2,1-2H3,(H,13,14)(H,15,16);2*1,3-4H2,2H3;;/q;;;;;2*+3/p-6. The number of thiol groups is 3. The Kier molecular flexibility index (Phi) is 49.4. The number of rotatable bonds is 31. The molecule has 61 heavy (non-hydrogen) atoms. The maximum absolute atomic E-state index is 11.3. The number of carbonyl (C=O) groups excluding carboxylic acids is 6. The van der Waals surface area contributed by atoms with Gasteiger partial charge in [-0.05, 0) is 38.5 Å². The summed E-state index contributed by atoms with van der Waals surface area (Å²) >= 11 is 15.1. The first-order valence-electron chi connectivity index (χ1n) is 22.2. The van der Waals surface area contributed by atoms with Crippen molar-refractivity contribution in [1.82, 2.24) is 0 Å². The van der Waals surface area contributed by atoms with Crippen LogP contribution < -0.4 is 30.6 Å². The molecule has 0 aliphatic rings. The van der Waals surface area contributed by atoms with Crippen LogP contribution in [0, 0.1) is 16.2 Å². The van der Waals surface area contributed by atoms with Crippen LogP contribution in [-0.2, 0) is 28.8 Å². The number of carbonyl (C=O) groups is 6. The molecule has 0 saturated carbocycles. The minimum atomic E-state index is -1.44. The van der Waals surface area contributed by atoms with E-state index in [1.165, 1.54) is 34.6 Å². The van der Waals surface area contributed by atoms with E-state index in [4.69, 9.17) is 0 Å². The Labute approximate surface area is 412 Å². The summed E-state index contributed by atoms with van der Waals surface area (Å²) < 4.78 is 2.87. The number of aliphatic carboxylic acids is 6. The zero-order valence-electron chi connectivity index (χ0n) is 38.4. The van der Waals surface area contributed by atoms with E-state index in [0.29, 0.717) is 38.5 Å². The summed E-state index contributed by atoms with van der Waals surface area (Å²) in [6, 6.07) is 0. The van der Waals surface area contributed by atoms with Crippen molar-refractivity contribution < 1.29 is 59.4 Å². The molecule has 0 radical (unpaired) electrons. The Bertz CT molecular complexity index is 1000. The third-order valence-electron chi connectivity index (χ3n) is 10.4. The van der Waals surface area contributed by atoms with Crippen LogP contribution in [0.3, 0.4) is 0 Å². The molecular weight excluding hydrogens is 1050 g/mol. The molecular formula is C44H78O12S3Sn2. The number of carboxylic acids is 6. The first kappa shape index (κ1) is 69.5. The van der Waals surface area contributed by atoms with Crippen molar-refractivity contribution >= 4 is 119 Å². The molecule has 0 saturated heterocycles. The van der Waals surface area contributed by atoms with E-state index >= 15 is 0 Å². The van der Waals surface area contributed by atoms with Gasteiger partial charge in [0.25, 0.3) is 0 Å². The van der Waals surface area contributed by atoms with Gasteiger partial charge < -0.3 is 59.4 Å². The van der Waals surface area contributed by atoms with E-state index in [-0.39, 0.29) is 38.5 Å². The summed E-state index contributed by atoms with van der Waals surface area (Å²) in [5.74, 6) is -8.31. The second-order valence-electron chi connectivity index (χ2n) is 15.3. The first-order chi connectivity index (χ1) is 28.6. The number of hydrogen-bond donors (Lipinski definition) is 3. The van der Waals surface area contributed by atoms with Gasteiger partial charge in [0.2, 0.25) is 0 Å². The van der Waals surface area contributed by atoms with Gasteiger partial charge in [-0.15, -0.1) is 0 Å². The molecule has 0 rings (SSSR count). The van der Waals surface area contributed by atoms with E-state index in [9.17, 15) is 59.4 Å². The Hall–Kier alpha value is -0.533. The Morgan fingerprint density at radius 3 is 0.574 bits per heavy atom. The molecule has 0 aromatic rings. The zero-order chi connectivity index (χ0) is 48.7. The predicted molar refractivity (Wildman–Crippen MR) is 244 cm³/mol. The van der Waals surface area contributed by atoms with Crippen molar-refractivity contribution in [3.8, 4) is 0 Å². The molecule has 0 aromatic carbocycles. The van der Waals surface area contributed by atoms with E-state index in [0.717, 1.165) is 38.5 Å². The Morgan fingerprint density at radius 1 is 0.361 bits per heavy atom. The van der Waals surface area contributed by atoms with Crippen molar-refractivity contribution in [3.05, 3.63) is 0 Å². The fourth-order valence-electron chi connectivity index (χ4n) is 6.13. The van der Waals surface area contributed by atoms with E-state index in [1.807, 2.05) is 41.5 Å². The van der Waals surface area contributed by atoms with Crippen molar-refractivity contribution in [3.63, 3.8) is 0 Å². The van der Waals surface area contributed by atoms with Gasteiger partial charge in [-0.25, -0.2) is 0 Å². The van der Waals surface area contributed by atoms with Crippen molar-refractivity contribution in [2.45, 2.75) is 221 Å². The van der Waals surface area contributed by atoms with Gasteiger partial charge >= 0.3 is 93.5 Å². The van der Waals surface area contributed by atoms with Crippen LogP contribution in [0.2, 0.25) is 8.87 Å². The first-order valence-corrected chi connectivity index (χ1v) is 27.8. The van der Waals surface area contributed by atoms with Crippen LogP contribution >= 0.6 is 37.9 Å². The van der Waals surface area contributed by atoms with Crippen molar-refractivity contribution in [1.29, 1.82) is 0 Å². The second-order valence-corrected chi connectivity index (χ2v) is 19.7. The predicted octanol–water partition coefficient (Wildman–Crippen LogP) is 3.20. The molecule has 0 fully saturated rings. The van der Waals surface area contributed by atoms with Crippen LogP contribution in [0.15, 0.2) is 0 Å². The minimum absolute atomic E-state index is 0.272. The van der Waals surface area contributed by atoms with E-state index < -0.39 is 67.8 Å². The number of hydrogen-bond acceptors (Lipinski definition) is 15. The average molecular weight is 1130 g/mol. The zero-order valence-corrected chi connectivity index (χ0v) is 46.8. The van der Waals surface area contributed by atoms with Crippen LogP contribution in [0.4, 0.5) is 0 Å². The second kappa shape index (κ2) is 43.4. The molecule has 0 aromatic heterocycles. The van der Waals surface area contributed by atoms with Gasteiger partial charge in [0, 0.05) is 34.2 Å². The maximum atomic E-state index is 11.3. The molecule has 0 spiro atoms. The topological polar surface area (TPSA) is 241 Å². The summed E-state index contributed by atoms with van der Waals surface area (Å²) in [5.41, 5.74) is -4.23. The van der Waals surface area contributed by atoms with Crippen molar-refractivity contribution in [2.75, 3.05) is 0 Å². The molecule has 352 valence electrons. The molecule has 3 unspecified atom stereocenters. The fourth-order valence-corrected chi connectivity index (χ4v) is 9.24. The Morgan fingerprint density at radius 2 is 0.508 bits per heavy atom. The summed E-state index contributed by atoms with van der Waals surface area (Å²) in [4.78, 5) is 66.7. The molecule has 17 heteroatoms. The van der Waals surface area contributed by atoms with Crippen LogP contribution in [0.25, 0.3) is 0 Å². The van der Waals surface area contributed by atoms with Gasteiger partial charge in [-0.3, -0.25) is 0 Å². The average Bonchev–Trinajstić information content (AvgIpc) is 3.21. The van der Waals surface area contributed by atoms with Gasteiger partial charge in [-0.1, -0.05) is 119 Å². The number of carboxylic acid groups (broad SMARTS) is 6. The van der Waals surface area contributed by atoms with Crippen LogP contribution in [0.5, 0.6) is 0 Å². The molecule has 0 amide bonds. The third kappa shape index (κ3) is 29.6. The normalized spacial score (nSPS) is 12.6. The van der Waals surface area contributed by atoms with E-state index in [1.54, 1.807) is 45.0 Å². The quantitative estimate of drug-likeness (QED) is 0.0670. The Balaban J connectivity index is -0.000000230. The van der Waals surface area contributed by atoms with Crippen LogP contribution in [-0.4, -0.2) is 96.6 Å². The summed E-state index contributed by atoms with van der Waals surface area (Å²) in [6.07, 6.45) is 15.9. The third-order valence-corrected chi connectivity index (χ3v) is 14.5.